The summed E-state index contributed by atoms with van der Waals surface area (Å²) in [6.07, 6.45) is 5.43. The molecule has 2 saturated heterocycles. The van der Waals surface area contributed by atoms with Gasteiger partial charge in [0.1, 0.15) is 29.4 Å². The molecule has 56 heavy (non-hydrogen) atoms. The van der Waals surface area contributed by atoms with Gasteiger partial charge in [0.05, 0.1) is 32.0 Å². The third-order valence-electron chi connectivity index (χ3n) is 10.3. The molecule has 2 fully saturated rings. The zero-order valence-electron chi connectivity index (χ0n) is 32.6. The highest BCUT2D eigenvalue weighted by molar-refractivity contribution is 5.99. The predicted molar refractivity (Wildman–Crippen MR) is 210 cm³/mol. The fraction of sp³-hybridized carbons (Fsp3) is 0.429. The van der Waals surface area contributed by atoms with Crippen molar-refractivity contribution in [1.29, 1.82) is 0 Å². The van der Waals surface area contributed by atoms with Gasteiger partial charge in [-0.3, -0.25) is 9.59 Å². The third kappa shape index (κ3) is 8.50. The van der Waals surface area contributed by atoms with E-state index in [2.05, 4.69) is 49.3 Å². The summed E-state index contributed by atoms with van der Waals surface area (Å²) in [4.78, 5) is 70.7. The van der Waals surface area contributed by atoms with Gasteiger partial charge < -0.3 is 39.9 Å². The molecule has 0 spiro atoms. The maximum absolute atomic E-state index is 13.6. The molecular formula is C42H48N8O6. The third-order valence-corrected chi connectivity index (χ3v) is 10.3. The number of alkyl carbamates (subject to hydrolysis) is 2. The van der Waals surface area contributed by atoms with Gasteiger partial charge in [0.15, 0.2) is 0 Å². The summed E-state index contributed by atoms with van der Waals surface area (Å²) < 4.78 is 9.50. The highest BCUT2D eigenvalue weighted by Gasteiger charge is 2.39. The van der Waals surface area contributed by atoms with Gasteiger partial charge in [0, 0.05) is 36.6 Å². The van der Waals surface area contributed by atoms with Gasteiger partial charge in [-0.15, -0.1) is 0 Å². The quantitative estimate of drug-likeness (QED) is 0.163. The normalized spacial score (nSPS) is 17.5. The SMILES string of the molecule is COC(=O)N[C@H](C(=O)N1CCC[C@H]1c1nc(C#CC#Cc2ccc(-c3c[nH]c([C@@H]4CCCN4C(=O)[C@@H](NC(=O)OC)C(C)C)n3)c3ccccc23)c[nH]1)C(C)C. The van der Waals surface area contributed by atoms with Crippen LogP contribution in [0.3, 0.4) is 0 Å². The molecule has 14 heteroatoms. The second-order valence-corrected chi connectivity index (χ2v) is 14.6. The fourth-order valence-electron chi connectivity index (χ4n) is 7.43. The van der Waals surface area contributed by atoms with Crippen molar-refractivity contribution in [3.63, 3.8) is 0 Å². The van der Waals surface area contributed by atoms with Crippen LogP contribution in [0.15, 0.2) is 48.8 Å². The summed E-state index contributed by atoms with van der Waals surface area (Å²) in [6.45, 7) is 8.68. The first kappa shape index (κ1) is 39.4. The first-order valence-corrected chi connectivity index (χ1v) is 18.9. The van der Waals surface area contributed by atoms with Crippen LogP contribution in [-0.2, 0) is 19.1 Å². The molecule has 6 rings (SSSR count). The highest BCUT2D eigenvalue weighted by Crippen LogP contribution is 2.35. The number of hydrogen-bond acceptors (Lipinski definition) is 8. The van der Waals surface area contributed by atoms with Gasteiger partial charge in [-0.05, 0) is 72.1 Å². The van der Waals surface area contributed by atoms with Gasteiger partial charge in [0.25, 0.3) is 0 Å². The lowest BCUT2D eigenvalue weighted by atomic mass is 9.98. The zero-order valence-corrected chi connectivity index (χ0v) is 32.6. The van der Waals surface area contributed by atoms with E-state index in [4.69, 9.17) is 14.5 Å². The number of amides is 4. The number of likely N-dealkylation sites (tertiary alicyclic amines) is 2. The molecule has 0 unspecified atom stereocenters. The van der Waals surface area contributed by atoms with Crippen molar-refractivity contribution < 1.29 is 28.7 Å². The Hall–Kier alpha value is -6.28. The number of fused-ring (bicyclic) bond motifs is 1. The van der Waals surface area contributed by atoms with Gasteiger partial charge in [-0.2, -0.15) is 0 Å². The van der Waals surface area contributed by atoms with Crippen molar-refractivity contribution in [2.45, 2.75) is 77.5 Å². The molecule has 14 nitrogen and oxygen atoms in total. The topological polar surface area (TPSA) is 175 Å². The molecule has 0 aliphatic carbocycles. The number of methoxy groups -OCH3 is 2. The standard InChI is InChI=1S/C42H48N8O6/c1-25(2)35(47-41(53)55-5)39(51)49-21-11-17-33(49)37-43-23-28(45-37)14-8-7-13-27-19-20-31(30-16-10-9-15-29(27)30)32-24-44-38(46-32)34-18-12-22-50(34)40(52)36(26(3)4)48-42(54)56-6/h9-10,15-16,19-20,23-26,33-36H,11-12,17-18,21-22H2,1-6H3,(H,43,45)(H,44,46)(H,47,53)(H,48,54)/t33-,34-,35-,36-/m0/s1. The van der Waals surface area contributed by atoms with E-state index < -0.39 is 24.3 Å². The smallest absolute Gasteiger partial charge is 0.407 e. The predicted octanol–water partition coefficient (Wildman–Crippen LogP) is 5.44. The van der Waals surface area contributed by atoms with Gasteiger partial charge >= 0.3 is 12.2 Å². The lowest BCUT2D eigenvalue weighted by Gasteiger charge is -2.29. The van der Waals surface area contributed by atoms with E-state index in [1.54, 1.807) is 16.0 Å². The van der Waals surface area contributed by atoms with E-state index in [-0.39, 0.29) is 35.7 Å². The van der Waals surface area contributed by atoms with Crippen molar-refractivity contribution in [2.75, 3.05) is 27.3 Å². The average Bonchev–Trinajstić information content (AvgIpc) is 4.04. The number of benzene rings is 2. The fourth-order valence-corrected chi connectivity index (χ4v) is 7.43. The molecule has 2 aliphatic rings. The number of rotatable bonds is 9. The van der Waals surface area contributed by atoms with E-state index in [0.717, 1.165) is 53.3 Å². The molecular weight excluding hydrogens is 713 g/mol. The number of imidazole rings is 2. The molecule has 2 aromatic carbocycles. The molecule has 4 amide bonds. The van der Waals surface area contributed by atoms with E-state index >= 15 is 0 Å². The summed E-state index contributed by atoms with van der Waals surface area (Å²) >= 11 is 0. The number of nitrogens with zero attached hydrogens (tertiary/aromatic N) is 4. The van der Waals surface area contributed by atoms with Crippen LogP contribution in [0.5, 0.6) is 0 Å². The largest absolute Gasteiger partial charge is 0.453 e. The Morgan fingerprint density at radius 3 is 1.84 bits per heavy atom. The van der Waals surface area contributed by atoms with Crippen molar-refractivity contribution in [3.05, 3.63) is 71.7 Å². The molecule has 2 aromatic heterocycles. The molecule has 0 radical (unpaired) electrons. The van der Waals surface area contributed by atoms with Gasteiger partial charge in [-0.1, -0.05) is 63.9 Å². The number of H-pyrrole nitrogens is 2. The molecule has 2 aliphatic heterocycles. The monoisotopic (exact) mass is 760 g/mol. The molecule has 4 aromatic rings. The Bertz CT molecular complexity index is 2220. The van der Waals surface area contributed by atoms with Crippen molar-refractivity contribution in [3.8, 4) is 34.9 Å². The number of hydrogen-bond donors (Lipinski definition) is 4. The Morgan fingerprint density at radius 2 is 1.27 bits per heavy atom. The maximum atomic E-state index is 13.6. The van der Waals surface area contributed by atoms with Crippen LogP contribution in [0, 0.1) is 35.5 Å². The minimum Gasteiger partial charge on any atom is -0.453 e. The number of aromatic nitrogens is 4. The summed E-state index contributed by atoms with van der Waals surface area (Å²) in [6, 6.07) is 10.0. The van der Waals surface area contributed by atoms with Crippen molar-refractivity contribution >= 4 is 34.8 Å². The van der Waals surface area contributed by atoms with Crippen molar-refractivity contribution in [2.24, 2.45) is 11.8 Å². The van der Waals surface area contributed by atoms with Crippen LogP contribution in [0.1, 0.15) is 88.4 Å². The van der Waals surface area contributed by atoms with Crippen LogP contribution in [0.25, 0.3) is 22.0 Å². The van der Waals surface area contributed by atoms with Gasteiger partial charge in [-0.25, -0.2) is 19.6 Å². The zero-order chi connectivity index (χ0) is 39.9. The summed E-state index contributed by atoms with van der Waals surface area (Å²) in [5, 5.41) is 7.28. The summed E-state index contributed by atoms with van der Waals surface area (Å²) in [5.74, 6) is 12.9. The molecule has 4 heterocycles. The van der Waals surface area contributed by atoms with Crippen LogP contribution in [0.2, 0.25) is 0 Å². The summed E-state index contributed by atoms with van der Waals surface area (Å²) in [5.41, 5.74) is 2.99. The average molecular weight is 761 g/mol. The number of carbonyl (C=O) groups is 4. The van der Waals surface area contributed by atoms with Crippen LogP contribution in [0.4, 0.5) is 9.59 Å². The van der Waals surface area contributed by atoms with E-state index in [9.17, 15) is 19.2 Å². The maximum Gasteiger partial charge on any atom is 0.407 e. The Morgan fingerprint density at radius 1 is 0.732 bits per heavy atom. The first-order valence-electron chi connectivity index (χ1n) is 18.9. The van der Waals surface area contributed by atoms with Crippen LogP contribution < -0.4 is 10.6 Å². The van der Waals surface area contributed by atoms with Gasteiger partial charge in [0.2, 0.25) is 11.8 Å². The molecule has 292 valence electrons. The molecule has 4 atom stereocenters. The molecule has 4 N–H and O–H groups in total. The van der Waals surface area contributed by atoms with Crippen LogP contribution in [-0.4, -0.2) is 93.1 Å². The summed E-state index contributed by atoms with van der Waals surface area (Å²) in [7, 11) is 2.56. The lowest BCUT2D eigenvalue weighted by molar-refractivity contribution is -0.136. The molecule has 0 bridgehead atoms. The minimum atomic E-state index is -0.712. The Kier molecular flexibility index (Phi) is 12.3. The second-order valence-electron chi connectivity index (χ2n) is 14.6. The van der Waals surface area contributed by atoms with E-state index in [0.29, 0.717) is 30.4 Å². The Labute approximate surface area is 326 Å². The molecule has 0 saturated carbocycles. The highest BCUT2D eigenvalue weighted by atomic mass is 16.5. The first-order chi connectivity index (χ1) is 27.0. The lowest BCUT2D eigenvalue weighted by Crippen LogP contribution is -2.51. The van der Waals surface area contributed by atoms with Crippen LogP contribution >= 0.6 is 0 Å². The van der Waals surface area contributed by atoms with E-state index in [1.807, 2.05) is 70.3 Å². The number of carbonyl (C=O) groups excluding carboxylic acids is 4. The second kappa shape index (κ2) is 17.5. The van der Waals surface area contributed by atoms with Crippen molar-refractivity contribution in [1.82, 2.24) is 40.4 Å². The van der Waals surface area contributed by atoms with E-state index in [1.165, 1.54) is 14.2 Å². The number of nitrogens with one attached hydrogen (secondary N) is 4. The number of ether oxygens (including phenoxy) is 2. The number of aromatic amines is 2. The Balaban J connectivity index is 1.17. The minimum absolute atomic E-state index is 0.124.